The molecule has 0 atom stereocenters. The Hall–Kier alpha value is -0.500. The molecular formula is C13H24N2. The normalized spacial score (nSPS) is 27.0. The van der Waals surface area contributed by atoms with Crippen molar-refractivity contribution in [1.29, 1.82) is 0 Å². The Morgan fingerprint density at radius 3 is 2.47 bits per heavy atom. The second-order valence-electron chi connectivity index (χ2n) is 5.42. The van der Waals surface area contributed by atoms with Crippen LogP contribution < -0.4 is 5.32 Å². The fourth-order valence-electron chi connectivity index (χ4n) is 3.02. The van der Waals surface area contributed by atoms with Crippen molar-refractivity contribution in [2.75, 3.05) is 19.6 Å². The van der Waals surface area contributed by atoms with E-state index < -0.39 is 0 Å². The molecule has 1 spiro atoms. The summed E-state index contributed by atoms with van der Waals surface area (Å²) in [4.78, 5) is 2.59. The molecular weight excluding hydrogens is 184 g/mol. The van der Waals surface area contributed by atoms with Gasteiger partial charge in [-0.2, -0.15) is 0 Å². The van der Waals surface area contributed by atoms with E-state index in [2.05, 4.69) is 30.6 Å². The van der Waals surface area contributed by atoms with Gasteiger partial charge in [0.1, 0.15) is 0 Å². The monoisotopic (exact) mass is 208 g/mol. The molecule has 0 saturated carbocycles. The van der Waals surface area contributed by atoms with Gasteiger partial charge in [0, 0.05) is 23.7 Å². The molecule has 1 N–H and O–H groups in total. The van der Waals surface area contributed by atoms with E-state index in [0.29, 0.717) is 11.5 Å². The van der Waals surface area contributed by atoms with Crippen molar-refractivity contribution in [1.82, 2.24) is 10.2 Å². The van der Waals surface area contributed by atoms with E-state index in [4.69, 9.17) is 0 Å². The smallest absolute Gasteiger partial charge is 0.0144 e. The van der Waals surface area contributed by atoms with Crippen LogP contribution in [0.5, 0.6) is 0 Å². The molecule has 0 aromatic heterocycles. The van der Waals surface area contributed by atoms with Crippen LogP contribution in [0.1, 0.15) is 39.5 Å². The number of piperidine rings is 2. The van der Waals surface area contributed by atoms with E-state index >= 15 is 0 Å². The number of hydrogen-bond donors (Lipinski definition) is 1. The molecule has 2 heterocycles. The molecule has 0 aromatic rings. The molecule has 0 aliphatic carbocycles. The standard InChI is InChI=1S/C13H24N2/c1-11(2)15-9-6-13(7-10-15)5-4-8-14-12(13)3/h11,14H,3-10H2,1-2H3. The summed E-state index contributed by atoms with van der Waals surface area (Å²) in [5.74, 6) is 0. The van der Waals surface area contributed by atoms with Crippen molar-refractivity contribution < 1.29 is 0 Å². The Labute approximate surface area is 93.7 Å². The fraction of sp³-hybridized carbons (Fsp3) is 0.846. The third kappa shape index (κ3) is 2.05. The minimum Gasteiger partial charge on any atom is -0.388 e. The van der Waals surface area contributed by atoms with Gasteiger partial charge in [0.25, 0.3) is 0 Å². The minimum atomic E-state index is 0.434. The summed E-state index contributed by atoms with van der Waals surface area (Å²) in [6, 6.07) is 0.701. The quantitative estimate of drug-likeness (QED) is 0.711. The first kappa shape index (κ1) is 11.0. The van der Waals surface area contributed by atoms with Crippen molar-refractivity contribution in [3.63, 3.8) is 0 Å². The van der Waals surface area contributed by atoms with Gasteiger partial charge in [-0.05, 0) is 52.6 Å². The van der Waals surface area contributed by atoms with Gasteiger partial charge in [-0.25, -0.2) is 0 Å². The molecule has 0 bridgehead atoms. The Bertz CT molecular complexity index is 237. The minimum absolute atomic E-state index is 0.434. The summed E-state index contributed by atoms with van der Waals surface area (Å²) in [6.07, 6.45) is 5.28. The molecule has 15 heavy (non-hydrogen) atoms. The number of hydrogen-bond acceptors (Lipinski definition) is 2. The molecule has 2 rings (SSSR count). The van der Waals surface area contributed by atoms with E-state index in [-0.39, 0.29) is 0 Å². The van der Waals surface area contributed by atoms with Gasteiger partial charge in [-0.15, -0.1) is 0 Å². The van der Waals surface area contributed by atoms with Gasteiger partial charge in [-0.1, -0.05) is 6.58 Å². The van der Waals surface area contributed by atoms with Gasteiger partial charge in [0.15, 0.2) is 0 Å². The molecule has 2 aliphatic heterocycles. The molecule has 0 amide bonds. The number of nitrogens with one attached hydrogen (secondary N) is 1. The summed E-state index contributed by atoms with van der Waals surface area (Å²) >= 11 is 0. The van der Waals surface area contributed by atoms with Crippen LogP contribution in [0.3, 0.4) is 0 Å². The predicted molar refractivity (Wildman–Crippen MR) is 64.8 cm³/mol. The van der Waals surface area contributed by atoms with Crippen LogP contribution in [0, 0.1) is 5.41 Å². The van der Waals surface area contributed by atoms with Gasteiger partial charge >= 0.3 is 0 Å². The van der Waals surface area contributed by atoms with Crippen LogP contribution >= 0.6 is 0 Å². The lowest BCUT2D eigenvalue weighted by molar-refractivity contribution is 0.0865. The van der Waals surface area contributed by atoms with E-state index in [1.165, 1.54) is 44.5 Å². The van der Waals surface area contributed by atoms with Crippen molar-refractivity contribution in [2.24, 2.45) is 5.41 Å². The third-order valence-corrected chi connectivity index (χ3v) is 4.30. The van der Waals surface area contributed by atoms with Crippen molar-refractivity contribution in [2.45, 2.75) is 45.6 Å². The summed E-state index contributed by atoms with van der Waals surface area (Å²) in [6.45, 7) is 12.5. The molecule has 2 nitrogen and oxygen atoms in total. The van der Waals surface area contributed by atoms with Crippen LogP contribution in [0.4, 0.5) is 0 Å². The molecule has 2 fully saturated rings. The van der Waals surface area contributed by atoms with Gasteiger partial charge in [0.2, 0.25) is 0 Å². The van der Waals surface area contributed by atoms with E-state index in [1.807, 2.05) is 0 Å². The Morgan fingerprint density at radius 2 is 1.93 bits per heavy atom. The molecule has 2 saturated heterocycles. The highest BCUT2D eigenvalue weighted by molar-refractivity contribution is 5.13. The lowest BCUT2D eigenvalue weighted by Crippen LogP contribution is -2.47. The maximum atomic E-state index is 4.23. The Morgan fingerprint density at radius 1 is 1.27 bits per heavy atom. The van der Waals surface area contributed by atoms with Crippen LogP contribution in [-0.2, 0) is 0 Å². The average molecular weight is 208 g/mol. The Kier molecular flexibility index (Phi) is 3.06. The van der Waals surface area contributed by atoms with Crippen LogP contribution in [-0.4, -0.2) is 30.6 Å². The lowest BCUT2D eigenvalue weighted by Gasteiger charge is -2.46. The zero-order valence-corrected chi connectivity index (χ0v) is 10.2. The molecule has 86 valence electrons. The average Bonchev–Trinajstić information content (AvgIpc) is 2.23. The van der Waals surface area contributed by atoms with Crippen LogP contribution in [0.2, 0.25) is 0 Å². The molecule has 2 heteroatoms. The predicted octanol–water partition coefficient (Wildman–Crippen LogP) is 2.37. The zero-order valence-electron chi connectivity index (χ0n) is 10.2. The van der Waals surface area contributed by atoms with E-state index in [0.717, 1.165) is 6.54 Å². The van der Waals surface area contributed by atoms with Gasteiger partial charge in [0.05, 0.1) is 0 Å². The van der Waals surface area contributed by atoms with E-state index in [1.54, 1.807) is 0 Å². The maximum absolute atomic E-state index is 4.23. The number of rotatable bonds is 1. The molecule has 0 unspecified atom stereocenters. The Balaban J connectivity index is 1.98. The number of nitrogens with zero attached hydrogens (tertiary/aromatic N) is 1. The second kappa shape index (κ2) is 4.17. The van der Waals surface area contributed by atoms with Crippen molar-refractivity contribution >= 4 is 0 Å². The summed E-state index contributed by atoms with van der Waals surface area (Å²) in [5.41, 5.74) is 1.75. The zero-order chi connectivity index (χ0) is 10.9. The molecule has 0 radical (unpaired) electrons. The highest BCUT2D eigenvalue weighted by Gasteiger charge is 2.38. The number of allylic oxidation sites excluding steroid dienone is 1. The summed E-state index contributed by atoms with van der Waals surface area (Å²) < 4.78 is 0. The van der Waals surface area contributed by atoms with Gasteiger partial charge in [-0.3, -0.25) is 0 Å². The SMILES string of the molecule is C=C1NCCCC12CCN(C(C)C)CC2. The first-order valence-corrected chi connectivity index (χ1v) is 6.31. The van der Waals surface area contributed by atoms with E-state index in [9.17, 15) is 0 Å². The second-order valence-corrected chi connectivity index (χ2v) is 5.42. The summed E-state index contributed by atoms with van der Waals surface area (Å²) in [5, 5.41) is 3.47. The lowest BCUT2D eigenvalue weighted by atomic mass is 9.71. The fourth-order valence-corrected chi connectivity index (χ4v) is 3.02. The topological polar surface area (TPSA) is 15.3 Å². The first-order chi connectivity index (χ1) is 7.14. The molecule has 0 aromatic carbocycles. The first-order valence-electron chi connectivity index (χ1n) is 6.31. The highest BCUT2D eigenvalue weighted by Crippen LogP contribution is 2.43. The summed E-state index contributed by atoms with van der Waals surface area (Å²) in [7, 11) is 0. The van der Waals surface area contributed by atoms with Crippen LogP contribution in [0.15, 0.2) is 12.3 Å². The maximum Gasteiger partial charge on any atom is 0.0144 e. The van der Waals surface area contributed by atoms with Crippen LogP contribution in [0.25, 0.3) is 0 Å². The molecule has 2 aliphatic rings. The number of likely N-dealkylation sites (tertiary alicyclic amines) is 1. The largest absolute Gasteiger partial charge is 0.388 e. The third-order valence-electron chi connectivity index (χ3n) is 4.30. The highest BCUT2D eigenvalue weighted by atomic mass is 15.2. The van der Waals surface area contributed by atoms with Crippen molar-refractivity contribution in [3.8, 4) is 0 Å². The van der Waals surface area contributed by atoms with Gasteiger partial charge < -0.3 is 10.2 Å². The van der Waals surface area contributed by atoms with Crippen molar-refractivity contribution in [3.05, 3.63) is 12.3 Å².